The van der Waals surface area contributed by atoms with Gasteiger partial charge in [0.15, 0.2) is 0 Å². The highest BCUT2D eigenvalue weighted by molar-refractivity contribution is 8.00. The molecule has 0 spiro atoms. The smallest absolute Gasteiger partial charge is 0.296 e. The molecule has 6 fully saturated rings. The number of nitrogens with zero attached hydrogens (tertiary/aromatic N) is 9. The number of hydrogen-bond donors (Lipinski definition) is 3. The normalized spacial score (nSPS) is 21.0. The summed E-state index contributed by atoms with van der Waals surface area (Å²) in [5.74, 6) is -2.99. The summed E-state index contributed by atoms with van der Waals surface area (Å²) in [5.41, 5.74) is 6.51. The average molecular weight is 1700 g/mol. The Hall–Kier alpha value is -11.5. The molecule has 7 aromatic carbocycles. The third-order valence-corrected chi connectivity index (χ3v) is 25.7. The highest BCUT2D eigenvalue weighted by Crippen LogP contribution is 2.53. The van der Waals surface area contributed by atoms with Crippen LogP contribution < -0.4 is 45.0 Å². The number of nitro groups is 2. The average Bonchev–Trinajstić information content (AvgIpc) is 1.33. The predicted molar refractivity (Wildman–Crippen MR) is 440 cm³/mol. The number of aryl methyl sites for hydroxylation is 1. The first-order valence-electron chi connectivity index (χ1n) is 39.2. The Morgan fingerprint density at radius 3 is 1.34 bits per heavy atom. The van der Waals surface area contributed by atoms with Crippen molar-refractivity contribution in [2.24, 2.45) is 0 Å². The van der Waals surface area contributed by atoms with Crippen LogP contribution in [-0.2, 0) is 52.5 Å². The molecule has 33 nitrogen and oxygen atoms in total. The molecule has 2 saturated carbocycles. The molecule has 2 atom stereocenters. The van der Waals surface area contributed by atoms with Gasteiger partial charge in [-0.15, -0.1) is 0 Å². The van der Waals surface area contributed by atoms with Crippen molar-refractivity contribution in [3.8, 4) is 11.5 Å². The highest BCUT2D eigenvalue weighted by Gasteiger charge is 2.47. The number of imide groups is 4. The molecule has 628 valence electrons. The van der Waals surface area contributed by atoms with Gasteiger partial charge in [0.25, 0.3) is 45.1 Å². The van der Waals surface area contributed by atoms with Crippen molar-refractivity contribution in [1.29, 1.82) is 0 Å². The minimum atomic E-state index is -3.78. The van der Waals surface area contributed by atoms with E-state index in [4.69, 9.17) is 23.1 Å². The largest absolute Gasteiger partial charge is 0.490 e. The van der Waals surface area contributed by atoms with Gasteiger partial charge in [-0.25, -0.2) is 0 Å². The first-order valence-corrected chi connectivity index (χ1v) is 42.2. The summed E-state index contributed by atoms with van der Waals surface area (Å²) < 4.78 is 53.9. The first-order chi connectivity index (χ1) is 57.2. The zero-order valence-corrected chi connectivity index (χ0v) is 67.5. The molecule has 4 saturated heterocycles. The van der Waals surface area contributed by atoms with Crippen LogP contribution in [-0.4, -0.2) is 207 Å². The summed E-state index contributed by atoms with van der Waals surface area (Å²) in [6, 6.07) is 35.1. The third-order valence-electron chi connectivity index (χ3n) is 22.1. The number of hydrogen-bond acceptors (Lipinski definition) is 27. The number of rotatable bonds is 22. The quantitative estimate of drug-likeness (QED) is 0.0187. The number of benzene rings is 7. The molecule has 0 radical (unpaired) electrons. The molecule has 8 heterocycles. The zero-order valence-electron chi connectivity index (χ0n) is 65.0. The molecule has 2 aliphatic carbocycles. The van der Waals surface area contributed by atoms with Gasteiger partial charge in [0.1, 0.15) is 35.8 Å². The number of non-ortho nitro benzene ring substituents is 2. The van der Waals surface area contributed by atoms with Gasteiger partial charge in [-0.2, -0.15) is 8.42 Å². The molecular formula is C84H88N12O21S3. The molecule has 120 heavy (non-hydrogen) atoms. The van der Waals surface area contributed by atoms with Gasteiger partial charge in [0.05, 0.1) is 78.6 Å². The summed E-state index contributed by atoms with van der Waals surface area (Å²) in [4.78, 5) is 161. The number of carbonyl (C=O) groups excluding carboxylic acids is 10. The van der Waals surface area contributed by atoms with E-state index in [0.717, 1.165) is 120 Å². The van der Waals surface area contributed by atoms with Crippen LogP contribution in [0.2, 0.25) is 0 Å². The lowest BCUT2D eigenvalue weighted by Crippen LogP contribution is -2.54. The molecule has 3 N–H and O–H groups in total. The van der Waals surface area contributed by atoms with Gasteiger partial charge >= 0.3 is 0 Å². The van der Waals surface area contributed by atoms with Crippen LogP contribution in [0.5, 0.6) is 11.5 Å². The summed E-state index contributed by atoms with van der Waals surface area (Å²) in [6.07, 6.45) is 4.90. The summed E-state index contributed by atoms with van der Waals surface area (Å²) in [7, 11) is -3.78. The molecule has 0 aromatic heterocycles. The predicted octanol–water partition coefficient (Wildman–Crippen LogP) is 10.2. The number of piperidine rings is 2. The Morgan fingerprint density at radius 2 is 0.908 bits per heavy atom. The maximum Gasteiger partial charge on any atom is 0.296 e. The van der Waals surface area contributed by atoms with Crippen LogP contribution in [0.4, 0.5) is 45.5 Å². The summed E-state index contributed by atoms with van der Waals surface area (Å²) in [5, 5.41) is 30.3. The van der Waals surface area contributed by atoms with Crippen LogP contribution in [0.15, 0.2) is 158 Å². The van der Waals surface area contributed by atoms with Gasteiger partial charge in [0.2, 0.25) is 35.4 Å². The molecule has 10 aliphatic rings. The van der Waals surface area contributed by atoms with E-state index in [1.807, 2.05) is 55.5 Å². The van der Waals surface area contributed by atoms with Gasteiger partial charge in [-0.05, 0) is 130 Å². The number of carbonyl (C=O) groups is 10. The van der Waals surface area contributed by atoms with E-state index in [9.17, 15) is 76.6 Å². The number of piperazine rings is 2. The van der Waals surface area contributed by atoms with Crippen molar-refractivity contribution >= 4 is 138 Å². The molecule has 17 rings (SSSR count). The molecule has 36 heteroatoms. The second-order valence-corrected chi connectivity index (χ2v) is 33.9. The van der Waals surface area contributed by atoms with Gasteiger partial charge in [0, 0.05) is 180 Å². The molecule has 0 bridgehead atoms. The van der Waals surface area contributed by atoms with Crippen LogP contribution in [0.25, 0.3) is 0 Å². The van der Waals surface area contributed by atoms with E-state index in [0.29, 0.717) is 82.0 Å². The van der Waals surface area contributed by atoms with Crippen LogP contribution in [0.1, 0.15) is 132 Å². The van der Waals surface area contributed by atoms with Crippen molar-refractivity contribution in [3.05, 3.63) is 182 Å². The fourth-order valence-corrected chi connectivity index (χ4v) is 18.9. The maximum atomic E-state index is 13.2. The van der Waals surface area contributed by atoms with E-state index in [2.05, 4.69) is 30.7 Å². The number of fused-ring (bicyclic) bond motifs is 6. The minimum Gasteiger partial charge on any atom is -0.490 e. The zero-order chi connectivity index (χ0) is 83.7. The Bertz CT molecular complexity index is 5400. The van der Waals surface area contributed by atoms with Gasteiger partial charge in [-0.3, -0.25) is 107 Å². The standard InChI is InChI=1S/C38H38N6O9S.C28H28N2O8S2.C17H18N4O4.CH4/c1-22(45)42-30-7-4-24(44(50)51)18-33(30)54-34-21-25(5-8-31(34)42)53-27-19-26(20-27)52-16-2-11-40-12-14-41(15-13-40)23-3-6-28-29(17-23)38(49)43(37(28)48)32-9-10-35(46)39-36(32)47;1-18-4-8-24(9-5-18)40(34,35)37-13-3-12-36-22-15-23(16-22)38-21-7-11-26-28(17-21)39-27-14-20(30(32)33)6-10-25(27)29(26)19(2)31;22-14-4-3-13(15(23)19-14)21-16(24)11-2-1-10(9-12(11)17(21)25)20-7-5-18-6-8-20;/h3-8,17-18,21,26-27,32H,2,9-16,19-20H2,1H3,(H,39,46,47);4-11,14,17,22-23H,3,12-13,15-16H2,1-2H3;1-2,9,13,18H,3-8H2,(H,19,22,23);1H4. The van der Waals surface area contributed by atoms with Crippen LogP contribution in [0, 0.1) is 27.2 Å². The maximum absolute atomic E-state index is 13.2. The van der Waals surface area contributed by atoms with Gasteiger partial charge < -0.3 is 34.1 Å². The molecule has 10 amide bonds. The SMILES string of the molecule is C.CC(=O)N1c2ccc(OC3CC(OCCCN4CCN(c5ccc6c(c5)C(=O)N(C5CCC(=O)NC5=O)C6=O)CC4)C3)cc2Sc2cc([N+](=O)[O-])ccc21.CC(=O)N1c2ccc(OC3CC(OCCCOS(=O)(=O)c4ccc(C)cc4)C3)cc2Sc2cc([N+](=O)[O-])ccc21.O=C1CCC(N2C(=O)c3ccc(N4CCNCC4)cc3C2=O)C(=O)N1. The van der Waals surface area contributed by atoms with Crippen LogP contribution >= 0.6 is 23.5 Å². The topological polar surface area (TPSA) is 396 Å². The monoisotopic (exact) mass is 1700 g/mol. The first kappa shape index (κ1) is 84.9. The van der Waals surface area contributed by atoms with Crippen molar-refractivity contribution < 1.29 is 89.3 Å². The van der Waals surface area contributed by atoms with Crippen molar-refractivity contribution in [2.75, 3.05) is 98.3 Å². The number of ether oxygens (including phenoxy) is 4. The van der Waals surface area contributed by atoms with E-state index in [1.54, 1.807) is 58.3 Å². The highest BCUT2D eigenvalue weighted by atomic mass is 32.2. The van der Waals surface area contributed by atoms with Crippen LogP contribution in [0.3, 0.4) is 0 Å². The van der Waals surface area contributed by atoms with E-state index in [1.165, 1.54) is 73.8 Å². The van der Waals surface area contributed by atoms with Gasteiger partial charge in [-0.1, -0.05) is 48.6 Å². The second-order valence-electron chi connectivity index (χ2n) is 30.1. The lowest BCUT2D eigenvalue weighted by molar-refractivity contribution is -0.385. The molecule has 8 aliphatic heterocycles. The number of nitro benzene ring substituents is 2. The van der Waals surface area contributed by atoms with E-state index < -0.39 is 73.4 Å². The fraction of sp³-hybridized carbons (Fsp3) is 0.381. The molecule has 7 aromatic rings. The Morgan fingerprint density at radius 1 is 0.492 bits per heavy atom. The number of amides is 10. The molecular weight excluding hydrogens is 1610 g/mol. The van der Waals surface area contributed by atoms with Crippen molar-refractivity contribution in [3.63, 3.8) is 0 Å². The lowest BCUT2D eigenvalue weighted by atomic mass is 9.92. The summed E-state index contributed by atoms with van der Waals surface area (Å²) in [6.45, 7) is 13.4. The van der Waals surface area contributed by atoms with Crippen molar-refractivity contribution in [2.45, 2.75) is 153 Å². The summed E-state index contributed by atoms with van der Waals surface area (Å²) >= 11 is 2.74. The van der Waals surface area contributed by atoms with E-state index >= 15 is 0 Å². The molecule has 2 unspecified atom stereocenters. The lowest BCUT2D eigenvalue weighted by Gasteiger charge is -2.37. The Labute approximate surface area is 699 Å². The fourth-order valence-electron chi connectivity index (χ4n) is 15.7. The van der Waals surface area contributed by atoms with E-state index in [-0.39, 0.29) is 109 Å². The number of anilines is 6. The third kappa shape index (κ3) is 18.3. The Balaban J connectivity index is 0.000000157. The number of nitrogens with one attached hydrogen (secondary N) is 3. The Kier molecular flexibility index (Phi) is 25.6. The minimum absolute atomic E-state index is 0. The second kappa shape index (κ2) is 36.2. The van der Waals surface area contributed by atoms with Crippen molar-refractivity contribution in [1.82, 2.24) is 30.7 Å².